The summed E-state index contributed by atoms with van der Waals surface area (Å²) in [5.74, 6) is 0.275. The number of aldehydes is 1. The standard InChI is InChI=1S/C13H11NO3/c1-17-13-5-10(8-15)11(6-12(13)16)9-3-2-4-14-7-9/h2-8,16H,1H3. The first-order valence-corrected chi connectivity index (χ1v) is 5.03. The monoisotopic (exact) mass is 229 g/mol. The van der Waals surface area contributed by atoms with Gasteiger partial charge in [0.05, 0.1) is 7.11 Å². The van der Waals surface area contributed by atoms with E-state index in [0.717, 1.165) is 11.8 Å². The fraction of sp³-hybridized carbons (Fsp3) is 0.0769. The summed E-state index contributed by atoms with van der Waals surface area (Å²) in [4.78, 5) is 15.0. The van der Waals surface area contributed by atoms with E-state index in [-0.39, 0.29) is 11.5 Å². The third kappa shape index (κ3) is 2.10. The Morgan fingerprint density at radius 2 is 2.24 bits per heavy atom. The van der Waals surface area contributed by atoms with Gasteiger partial charge in [-0.15, -0.1) is 0 Å². The SMILES string of the molecule is COc1cc(C=O)c(-c2cccnc2)cc1O. The summed E-state index contributed by atoms with van der Waals surface area (Å²) in [5, 5.41) is 9.71. The molecule has 0 bridgehead atoms. The predicted octanol–water partition coefficient (Wildman–Crippen LogP) is 2.28. The number of carbonyl (C=O) groups is 1. The summed E-state index contributed by atoms with van der Waals surface area (Å²) in [6, 6.07) is 6.59. The highest BCUT2D eigenvalue weighted by Crippen LogP contribution is 2.33. The van der Waals surface area contributed by atoms with Gasteiger partial charge in [0.15, 0.2) is 17.8 Å². The smallest absolute Gasteiger partial charge is 0.161 e. The van der Waals surface area contributed by atoms with E-state index in [4.69, 9.17) is 4.74 Å². The lowest BCUT2D eigenvalue weighted by atomic mass is 10.0. The fourth-order valence-electron chi connectivity index (χ4n) is 1.62. The quantitative estimate of drug-likeness (QED) is 0.820. The Hall–Kier alpha value is -2.36. The zero-order valence-electron chi connectivity index (χ0n) is 9.25. The first-order chi connectivity index (χ1) is 8.26. The third-order valence-electron chi connectivity index (χ3n) is 2.45. The van der Waals surface area contributed by atoms with E-state index in [1.807, 2.05) is 6.07 Å². The first-order valence-electron chi connectivity index (χ1n) is 5.03. The average molecular weight is 229 g/mol. The maximum atomic E-state index is 11.0. The maximum Gasteiger partial charge on any atom is 0.161 e. The molecule has 0 aliphatic carbocycles. The van der Waals surface area contributed by atoms with Crippen LogP contribution < -0.4 is 4.74 Å². The summed E-state index contributed by atoms with van der Waals surface area (Å²) < 4.78 is 4.95. The molecule has 0 saturated heterocycles. The lowest BCUT2D eigenvalue weighted by Crippen LogP contribution is -1.92. The Labute approximate surface area is 98.5 Å². The highest BCUT2D eigenvalue weighted by molar-refractivity contribution is 5.89. The number of carbonyl (C=O) groups excluding carboxylic acids is 1. The third-order valence-corrected chi connectivity index (χ3v) is 2.45. The molecule has 0 fully saturated rings. The largest absolute Gasteiger partial charge is 0.504 e. The zero-order valence-corrected chi connectivity index (χ0v) is 9.25. The van der Waals surface area contributed by atoms with Crippen LogP contribution in [-0.4, -0.2) is 23.5 Å². The molecule has 1 aromatic heterocycles. The lowest BCUT2D eigenvalue weighted by molar-refractivity contribution is 0.112. The van der Waals surface area contributed by atoms with Crippen LogP contribution in [0.5, 0.6) is 11.5 Å². The Balaban J connectivity index is 2.62. The number of benzene rings is 1. The van der Waals surface area contributed by atoms with Gasteiger partial charge in [-0.2, -0.15) is 0 Å². The maximum absolute atomic E-state index is 11.0. The van der Waals surface area contributed by atoms with Crippen molar-refractivity contribution in [3.05, 3.63) is 42.2 Å². The molecule has 0 saturated carbocycles. The number of ether oxygens (including phenoxy) is 1. The molecule has 1 aromatic carbocycles. The summed E-state index contributed by atoms with van der Waals surface area (Å²) in [5.41, 5.74) is 1.85. The van der Waals surface area contributed by atoms with Crippen LogP contribution in [0.1, 0.15) is 10.4 Å². The molecule has 0 unspecified atom stereocenters. The molecule has 1 heterocycles. The number of aromatic nitrogens is 1. The number of hydrogen-bond donors (Lipinski definition) is 1. The molecule has 0 radical (unpaired) electrons. The normalized spacial score (nSPS) is 9.94. The van der Waals surface area contributed by atoms with Crippen LogP contribution >= 0.6 is 0 Å². The molecule has 1 N–H and O–H groups in total. The molecule has 0 spiro atoms. The van der Waals surface area contributed by atoms with E-state index in [0.29, 0.717) is 11.1 Å². The zero-order chi connectivity index (χ0) is 12.3. The van der Waals surface area contributed by atoms with Gasteiger partial charge >= 0.3 is 0 Å². The van der Waals surface area contributed by atoms with Crippen LogP contribution in [0.2, 0.25) is 0 Å². The Kier molecular flexibility index (Phi) is 3.05. The van der Waals surface area contributed by atoms with Gasteiger partial charge in [-0.3, -0.25) is 9.78 Å². The molecule has 0 aliphatic rings. The second-order valence-corrected chi connectivity index (χ2v) is 3.47. The number of aromatic hydroxyl groups is 1. The van der Waals surface area contributed by atoms with Crippen molar-refractivity contribution in [1.29, 1.82) is 0 Å². The Bertz CT molecular complexity index is 538. The second kappa shape index (κ2) is 4.65. The minimum absolute atomic E-state index is 0.00282. The number of methoxy groups -OCH3 is 1. The molecule has 86 valence electrons. The van der Waals surface area contributed by atoms with Gasteiger partial charge in [0, 0.05) is 23.5 Å². The lowest BCUT2D eigenvalue weighted by Gasteiger charge is -2.09. The molecule has 0 aliphatic heterocycles. The summed E-state index contributed by atoms with van der Waals surface area (Å²) >= 11 is 0. The highest BCUT2D eigenvalue weighted by atomic mass is 16.5. The van der Waals surface area contributed by atoms with E-state index in [2.05, 4.69) is 4.98 Å². The first kappa shape index (κ1) is 11.1. The molecular weight excluding hydrogens is 218 g/mol. The minimum Gasteiger partial charge on any atom is -0.504 e. The van der Waals surface area contributed by atoms with Gasteiger partial charge in [-0.25, -0.2) is 0 Å². The molecule has 2 aromatic rings. The molecule has 4 nitrogen and oxygen atoms in total. The molecule has 2 rings (SSSR count). The molecule has 17 heavy (non-hydrogen) atoms. The van der Waals surface area contributed by atoms with Gasteiger partial charge < -0.3 is 9.84 Å². The molecular formula is C13H11NO3. The van der Waals surface area contributed by atoms with Crippen LogP contribution in [-0.2, 0) is 0 Å². The predicted molar refractivity (Wildman–Crippen MR) is 63.3 cm³/mol. The van der Waals surface area contributed by atoms with E-state index in [9.17, 15) is 9.90 Å². The summed E-state index contributed by atoms with van der Waals surface area (Å²) in [6.07, 6.45) is 4.01. The molecule has 0 atom stereocenters. The number of phenolic OH excluding ortho intramolecular Hbond substituents is 1. The van der Waals surface area contributed by atoms with Crippen LogP contribution in [0.25, 0.3) is 11.1 Å². The summed E-state index contributed by atoms with van der Waals surface area (Å²) in [6.45, 7) is 0. The topological polar surface area (TPSA) is 59.4 Å². The fourth-order valence-corrected chi connectivity index (χ4v) is 1.62. The van der Waals surface area contributed by atoms with Crippen LogP contribution in [0, 0.1) is 0 Å². The van der Waals surface area contributed by atoms with Crippen LogP contribution in [0.3, 0.4) is 0 Å². The molecule has 0 amide bonds. The van der Waals surface area contributed by atoms with Crippen LogP contribution in [0.15, 0.2) is 36.7 Å². The number of hydrogen-bond acceptors (Lipinski definition) is 4. The number of nitrogens with zero attached hydrogens (tertiary/aromatic N) is 1. The van der Waals surface area contributed by atoms with Crippen molar-refractivity contribution in [2.45, 2.75) is 0 Å². The minimum atomic E-state index is -0.00282. The van der Waals surface area contributed by atoms with Gasteiger partial charge in [0.2, 0.25) is 0 Å². The van der Waals surface area contributed by atoms with Crippen molar-refractivity contribution in [3.8, 4) is 22.6 Å². The van der Waals surface area contributed by atoms with Crippen molar-refractivity contribution in [1.82, 2.24) is 4.98 Å². The highest BCUT2D eigenvalue weighted by Gasteiger charge is 2.10. The van der Waals surface area contributed by atoms with Gasteiger partial charge in [-0.1, -0.05) is 6.07 Å². The van der Waals surface area contributed by atoms with E-state index < -0.39 is 0 Å². The Morgan fingerprint density at radius 1 is 1.41 bits per heavy atom. The number of phenols is 1. The van der Waals surface area contributed by atoms with Crippen molar-refractivity contribution >= 4 is 6.29 Å². The van der Waals surface area contributed by atoms with E-state index >= 15 is 0 Å². The van der Waals surface area contributed by atoms with Gasteiger partial charge in [0.25, 0.3) is 0 Å². The van der Waals surface area contributed by atoms with Crippen molar-refractivity contribution in [3.63, 3.8) is 0 Å². The van der Waals surface area contributed by atoms with E-state index in [1.54, 1.807) is 18.5 Å². The van der Waals surface area contributed by atoms with Gasteiger partial charge in [0.1, 0.15) is 0 Å². The summed E-state index contributed by atoms with van der Waals surface area (Å²) in [7, 11) is 1.44. The van der Waals surface area contributed by atoms with Crippen molar-refractivity contribution < 1.29 is 14.6 Å². The molecule has 4 heteroatoms. The average Bonchev–Trinajstić information content (AvgIpc) is 2.39. The van der Waals surface area contributed by atoms with Crippen LogP contribution in [0.4, 0.5) is 0 Å². The van der Waals surface area contributed by atoms with Crippen molar-refractivity contribution in [2.75, 3.05) is 7.11 Å². The second-order valence-electron chi connectivity index (χ2n) is 3.47. The Morgan fingerprint density at radius 3 is 2.82 bits per heavy atom. The number of pyridine rings is 1. The number of rotatable bonds is 3. The van der Waals surface area contributed by atoms with Gasteiger partial charge in [-0.05, 0) is 23.8 Å². The van der Waals surface area contributed by atoms with Crippen molar-refractivity contribution in [2.24, 2.45) is 0 Å². The van der Waals surface area contributed by atoms with E-state index in [1.165, 1.54) is 19.2 Å².